The monoisotopic (exact) mass is 279 g/mol. The minimum absolute atomic E-state index is 0.179. The zero-order chi connectivity index (χ0) is 13.5. The van der Waals surface area contributed by atoms with Gasteiger partial charge in [-0.3, -0.25) is 4.79 Å². The Morgan fingerprint density at radius 1 is 1.32 bits per heavy atom. The number of quaternary nitrogens is 1. The Hall–Kier alpha value is -1.78. The molecule has 100 valence electrons. The van der Waals surface area contributed by atoms with E-state index < -0.39 is 0 Å². The molecular formula is C14H16ClN2O2+. The van der Waals surface area contributed by atoms with Gasteiger partial charge < -0.3 is 15.1 Å². The molecule has 0 aliphatic heterocycles. The zero-order valence-electron chi connectivity index (χ0n) is 10.4. The molecule has 0 saturated heterocycles. The molecule has 5 heteroatoms. The summed E-state index contributed by atoms with van der Waals surface area (Å²) >= 11 is 5.90. The van der Waals surface area contributed by atoms with Crippen LogP contribution in [0, 0.1) is 0 Å². The van der Waals surface area contributed by atoms with Gasteiger partial charge in [-0.15, -0.1) is 0 Å². The van der Waals surface area contributed by atoms with E-state index >= 15 is 0 Å². The van der Waals surface area contributed by atoms with Crippen LogP contribution >= 0.6 is 11.6 Å². The van der Waals surface area contributed by atoms with E-state index in [1.54, 1.807) is 12.1 Å². The summed E-state index contributed by atoms with van der Waals surface area (Å²) in [4.78, 5) is 11.5. The first-order valence-electron chi connectivity index (χ1n) is 6.13. The largest absolute Gasteiger partial charge is 0.459 e. The van der Waals surface area contributed by atoms with Crippen LogP contribution in [0.4, 0.5) is 0 Å². The highest BCUT2D eigenvalue weighted by molar-refractivity contribution is 6.30. The second-order valence-corrected chi connectivity index (χ2v) is 4.58. The maximum atomic E-state index is 11.5. The van der Waals surface area contributed by atoms with E-state index in [0.717, 1.165) is 18.1 Å². The predicted molar refractivity (Wildman–Crippen MR) is 73.0 cm³/mol. The van der Waals surface area contributed by atoms with Gasteiger partial charge in [-0.05, 0) is 24.3 Å². The lowest BCUT2D eigenvalue weighted by atomic mass is 10.2. The van der Waals surface area contributed by atoms with Crippen molar-refractivity contribution in [3.8, 4) is 0 Å². The standard InChI is InChI=1S/C14H15ClN2O2/c15-12-4-1-3-11(9-12)10-16-6-7-17-14(18)13-5-2-8-19-13/h1-5,8-9,16H,6-7,10H2,(H,17,18)/p+1. The van der Waals surface area contributed by atoms with Gasteiger partial charge in [0.15, 0.2) is 5.76 Å². The fourth-order valence-corrected chi connectivity index (χ4v) is 1.93. The highest BCUT2D eigenvalue weighted by atomic mass is 35.5. The molecule has 0 bridgehead atoms. The van der Waals surface area contributed by atoms with Gasteiger partial charge in [-0.25, -0.2) is 0 Å². The minimum atomic E-state index is -0.179. The van der Waals surface area contributed by atoms with E-state index in [1.807, 2.05) is 24.3 Å². The van der Waals surface area contributed by atoms with Crippen LogP contribution in [0.5, 0.6) is 0 Å². The molecule has 1 aromatic heterocycles. The smallest absolute Gasteiger partial charge is 0.287 e. The van der Waals surface area contributed by atoms with Gasteiger partial charge in [0.05, 0.1) is 19.4 Å². The van der Waals surface area contributed by atoms with E-state index in [9.17, 15) is 4.79 Å². The van der Waals surface area contributed by atoms with E-state index in [0.29, 0.717) is 12.3 Å². The lowest BCUT2D eigenvalue weighted by Crippen LogP contribution is -2.84. The number of hydrogen-bond donors (Lipinski definition) is 2. The molecule has 4 nitrogen and oxygen atoms in total. The van der Waals surface area contributed by atoms with Gasteiger partial charge in [0, 0.05) is 10.6 Å². The maximum absolute atomic E-state index is 11.5. The average molecular weight is 280 g/mol. The Morgan fingerprint density at radius 2 is 2.21 bits per heavy atom. The van der Waals surface area contributed by atoms with Crippen LogP contribution in [-0.2, 0) is 6.54 Å². The Balaban J connectivity index is 1.64. The molecule has 1 amide bonds. The second-order valence-electron chi connectivity index (χ2n) is 4.14. The summed E-state index contributed by atoms with van der Waals surface area (Å²) in [5.41, 5.74) is 1.17. The molecule has 0 fully saturated rings. The average Bonchev–Trinajstić information content (AvgIpc) is 2.92. The highest BCUT2D eigenvalue weighted by Crippen LogP contribution is 2.09. The molecule has 0 aliphatic carbocycles. The van der Waals surface area contributed by atoms with Gasteiger partial charge in [0.1, 0.15) is 6.54 Å². The van der Waals surface area contributed by atoms with Crippen molar-refractivity contribution in [3.63, 3.8) is 0 Å². The van der Waals surface area contributed by atoms with E-state index in [2.05, 4.69) is 10.6 Å². The summed E-state index contributed by atoms with van der Waals surface area (Å²) in [5.74, 6) is 0.163. The third-order valence-corrected chi connectivity index (χ3v) is 2.88. The van der Waals surface area contributed by atoms with Crippen LogP contribution in [0.2, 0.25) is 5.02 Å². The fraction of sp³-hybridized carbons (Fsp3) is 0.214. The van der Waals surface area contributed by atoms with Gasteiger partial charge in [0.25, 0.3) is 5.91 Å². The lowest BCUT2D eigenvalue weighted by molar-refractivity contribution is -0.668. The van der Waals surface area contributed by atoms with E-state index in [1.165, 1.54) is 11.8 Å². The van der Waals surface area contributed by atoms with Crippen LogP contribution in [0.15, 0.2) is 47.1 Å². The second kappa shape index (κ2) is 6.97. The van der Waals surface area contributed by atoms with Crippen LogP contribution < -0.4 is 10.6 Å². The lowest BCUT2D eigenvalue weighted by Gasteiger charge is -2.04. The summed E-state index contributed by atoms with van der Waals surface area (Å²) in [6, 6.07) is 11.1. The summed E-state index contributed by atoms with van der Waals surface area (Å²) in [6.45, 7) is 2.25. The Morgan fingerprint density at radius 3 is 2.95 bits per heavy atom. The van der Waals surface area contributed by atoms with Gasteiger partial charge in [-0.2, -0.15) is 0 Å². The van der Waals surface area contributed by atoms with Crippen molar-refractivity contribution in [2.24, 2.45) is 0 Å². The zero-order valence-corrected chi connectivity index (χ0v) is 11.2. The first-order valence-corrected chi connectivity index (χ1v) is 6.51. The molecule has 2 rings (SSSR count). The van der Waals surface area contributed by atoms with Crippen molar-refractivity contribution in [2.75, 3.05) is 13.1 Å². The Kier molecular flexibility index (Phi) is 5.01. The number of amides is 1. The highest BCUT2D eigenvalue weighted by Gasteiger charge is 2.06. The normalized spacial score (nSPS) is 10.4. The molecule has 19 heavy (non-hydrogen) atoms. The van der Waals surface area contributed by atoms with Crippen molar-refractivity contribution in [1.82, 2.24) is 5.32 Å². The number of nitrogens with two attached hydrogens (primary N) is 1. The van der Waals surface area contributed by atoms with E-state index in [-0.39, 0.29) is 5.91 Å². The SMILES string of the molecule is O=C(NCC[NH2+]Cc1cccc(Cl)c1)c1ccco1. The van der Waals surface area contributed by atoms with Crippen LogP contribution in [0.25, 0.3) is 0 Å². The summed E-state index contributed by atoms with van der Waals surface area (Å²) in [6.07, 6.45) is 1.49. The number of carbonyl (C=O) groups is 1. The van der Waals surface area contributed by atoms with Crippen LogP contribution in [0.1, 0.15) is 16.1 Å². The number of nitrogens with one attached hydrogen (secondary N) is 1. The number of furan rings is 1. The summed E-state index contributed by atoms with van der Waals surface area (Å²) in [7, 11) is 0. The van der Waals surface area contributed by atoms with Crippen molar-refractivity contribution in [3.05, 3.63) is 59.0 Å². The molecule has 0 radical (unpaired) electrons. The molecular weight excluding hydrogens is 264 g/mol. The molecule has 0 unspecified atom stereocenters. The third kappa shape index (κ3) is 4.43. The fourth-order valence-electron chi connectivity index (χ4n) is 1.72. The molecule has 0 aliphatic rings. The topological polar surface area (TPSA) is 58.9 Å². The molecule has 0 spiro atoms. The molecule has 1 heterocycles. The maximum Gasteiger partial charge on any atom is 0.287 e. The van der Waals surface area contributed by atoms with Crippen LogP contribution in [-0.4, -0.2) is 19.0 Å². The minimum Gasteiger partial charge on any atom is -0.459 e. The summed E-state index contributed by atoms with van der Waals surface area (Å²) in [5, 5.41) is 5.66. The first kappa shape index (κ1) is 13.6. The van der Waals surface area contributed by atoms with Crippen molar-refractivity contribution >= 4 is 17.5 Å². The van der Waals surface area contributed by atoms with Gasteiger partial charge in [0.2, 0.25) is 0 Å². The van der Waals surface area contributed by atoms with Crippen molar-refractivity contribution in [1.29, 1.82) is 0 Å². The van der Waals surface area contributed by atoms with Crippen molar-refractivity contribution < 1.29 is 14.5 Å². The number of benzene rings is 1. The molecule has 0 saturated carbocycles. The predicted octanol–water partition coefficient (Wildman–Crippen LogP) is 1.43. The third-order valence-electron chi connectivity index (χ3n) is 2.65. The van der Waals surface area contributed by atoms with Crippen LogP contribution in [0.3, 0.4) is 0 Å². The molecule has 1 aromatic carbocycles. The van der Waals surface area contributed by atoms with E-state index in [4.69, 9.17) is 16.0 Å². The number of halogens is 1. The number of carbonyl (C=O) groups excluding carboxylic acids is 1. The summed E-state index contributed by atoms with van der Waals surface area (Å²) < 4.78 is 5.00. The quantitative estimate of drug-likeness (QED) is 0.786. The number of rotatable bonds is 6. The Bertz CT molecular complexity index is 526. The Labute approximate surface area is 116 Å². The number of hydrogen-bond acceptors (Lipinski definition) is 2. The molecule has 3 N–H and O–H groups in total. The molecule has 0 atom stereocenters. The van der Waals surface area contributed by atoms with Gasteiger partial charge >= 0.3 is 0 Å². The van der Waals surface area contributed by atoms with Gasteiger partial charge in [-0.1, -0.05) is 23.7 Å². The first-order chi connectivity index (χ1) is 9.25. The molecule has 2 aromatic rings. The van der Waals surface area contributed by atoms with Crippen molar-refractivity contribution in [2.45, 2.75) is 6.54 Å².